The van der Waals surface area contributed by atoms with Gasteiger partial charge in [-0.05, 0) is 50.2 Å². The molecule has 0 aliphatic heterocycles. The molecule has 2 aromatic carbocycles. The average molecular weight is 334 g/mol. The maximum atomic E-state index is 6.10. The maximum absolute atomic E-state index is 6.10. The smallest absolute Gasteiger partial charge is 0.132 e. The summed E-state index contributed by atoms with van der Waals surface area (Å²) < 4.78 is 7.17. The minimum absolute atomic E-state index is 0.247. The van der Waals surface area contributed by atoms with E-state index in [1.165, 1.54) is 0 Å². The molecule has 20 heavy (non-hydrogen) atoms. The van der Waals surface area contributed by atoms with Crippen LogP contribution in [0.25, 0.3) is 0 Å². The van der Waals surface area contributed by atoms with Crippen molar-refractivity contribution in [3.05, 3.63) is 58.1 Å². The van der Waals surface area contributed by atoms with E-state index < -0.39 is 0 Å². The molecule has 0 spiro atoms. The molecule has 0 saturated heterocycles. The molecule has 106 valence electrons. The van der Waals surface area contributed by atoms with E-state index in [4.69, 9.17) is 4.74 Å². The highest BCUT2D eigenvalue weighted by atomic mass is 79.9. The lowest BCUT2D eigenvalue weighted by molar-refractivity contribution is 0.460. The highest BCUT2D eigenvalue weighted by Crippen LogP contribution is 2.33. The van der Waals surface area contributed by atoms with Crippen LogP contribution in [0.3, 0.4) is 0 Å². The van der Waals surface area contributed by atoms with E-state index in [1.54, 1.807) is 0 Å². The molecule has 0 aromatic heterocycles. The molecule has 0 heterocycles. The Kier molecular flexibility index (Phi) is 5.21. The molecule has 0 amide bonds. The minimum atomic E-state index is 0.247. The van der Waals surface area contributed by atoms with Crippen LogP contribution in [0.1, 0.15) is 31.0 Å². The second-order valence-electron chi connectivity index (χ2n) is 4.83. The van der Waals surface area contributed by atoms with Gasteiger partial charge in [0.05, 0.1) is 0 Å². The van der Waals surface area contributed by atoms with Gasteiger partial charge in [0.25, 0.3) is 0 Å². The van der Waals surface area contributed by atoms with Crippen LogP contribution in [-0.4, -0.2) is 6.54 Å². The van der Waals surface area contributed by atoms with Gasteiger partial charge in [0, 0.05) is 16.1 Å². The molecule has 0 saturated carbocycles. The minimum Gasteiger partial charge on any atom is -0.457 e. The third kappa shape index (κ3) is 3.62. The summed E-state index contributed by atoms with van der Waals surface area (Å²) in [5.74, 6) is 1.80. The van der Waals surface area contributed by atoms with E-state index in [0.29, 0.717) is 0 Å². The van der Waals surface area contributed by atoms with E-state index in [-0.39, 0.29) is 6.04 Å². The number of hydrogen-bond acceptors (Lipinski definition) is 2. The molecule has 1 N–H and O–H groups in total. The first-order chi connectivity index (χ1) is 9.61. The summed E-state index contributed by atoms with van der Waals surface area (Å²) in [6.07, 6.45) is 0. The van der Waals surface area contributed by atoms with Crippen molar-refractivity contribution in [3.63, 3.8) is 0 Å². The first-order valence-corrected chi connectivity index (χ1v) is 7.67. The van der Waals surface area contributed by atoms with Crippen molar-refractivity contribution in [3.8, 4) is 11.5 Å². The Balaban J connectivity index is 2.34. The fraction of sp³-hybridized carbons (Fsp3) is 0.294. The maximum Gasteiger partial charge on any atom is 0.132 e. The number of hydrogen-bond donors (Lipinski definition) is 1. The highest BCUT2D eigenvalue weighted by molar-refractivity contribution is 9.10. The van der Waals surface area contributed by atoms with E-state index in [0.717, 1.165) is 33.6 Å². The molecule has 2 nitrogen and oxygen atoms in total. The van der Waals surface area contributed by atoms with Crippen LogP contribution in [0.5, 0.6) is 11.5 Å². The topological polar surface area (TPSA) is 21.3 Å². The van der Waals surface area contributed by atoms with Gasteiger partial charge < -0.3 is 10.1 Å². The van der Waals surface area contributed by atoms with Crippen LogP contribution in [0.4, 0.5) is 0 Å². The molecule has 0 radical (unpaired) electrons. The Labute approximate surface area is 129 Å². The number of ether oxygens (including phenoxy) is 1. The van der Waals surface area contributed by atoms with E-state index in [1.807, 2.05) is 30.3 Å². The van der Waals surface area contributed by atoms with Gasteiger partial charge >= 0.3 is 0 Å². The highest BCUT2D eigenvalue weighted by Gasteiger charge is 2.13. The Hall–Kier alpha value is -1.32. The van der Waals surface area contributed by atoms with Gasteiger partial charge in [-0.1, -0.05) is 41.1 Å². The van der Waals surface area contributed by atoms with Gasteiger partial charge in [-0.2, -0.15) is 0 Å². The first-order valence-electron chi connectivity index (χ1n) is 6.88. The third-order valence-corrected chi connectivity index (χ3v) is 3.76. The van der Waals surface area contributed by atoms with Crippen molar-refractivity contribution in [2.75, 3.05) is 6.54 Å². The predicted octanol–water partition coefficient (Wildman–Crippen LogP) is 5.22. The lowest BCUT2D eigenvalue weighted by atomic mass is 10.1. The number of benzene rings is 2. The van der Waals surface area contributed by atoms with E-state index >= 15 is 0 Å². The summed E-state index contributed by atoms with van der Waals surface area (Å²) in [5, 5.41) is 3.43. The second kappa shape index (κ2) is 6.91. The fourth-order valence-electron chi connectivity index (χ4n) is 2.16. The van der Waals surface area contributed by atoms with Gasteiger partial charge in [-0.15, -0.1) is 0 Å². The number of aryl methyl sites for hydroxylation is 1. The second-order valence-corrected chi connectivity index (χ2v) is 5.74. The van der Waals surface area contributed by atoms with Gasteiger partial charge in [-0.3, -0.25) is 0 Å². The van der Waals surface area contributed by atoms with Gasteiger partial charge in [0.2, 0.25) is 0 Å². The normalized spacial score (nSPS) is 12.2. The first kappa shape index (κ1) is 15.1. The van der Waals surface area contributed by atoms with Gasteiger partial charge in [0.15, 0.2) is 0 Å². The third-order valence-electron chi connectivity index (χ3n) is 3.26. The Morgan fingerprint density at radius 2 is 1.90 bits per heavy atom. The summed E-state index contributed by atoms with van der Waals surface area (Å²) in [4.78, 5) is 0. The van der Waals surface area contributed by atoms with Crippen LogP contribution in [-0.2, 0) is 0 Å². The molecule has 1 atom stereocenters. The predicted molar refractivity (Wildman–Crippen MR) is 87.5 cm³/mol. The molecule has 2 aromatic rings. The summed E-state index contributed by atoms with van der Waals surface area (Å²) in [7, 11) is 0. The van der Waals surface area contributed by atoms with Crippen molar-refractivity contribution in [2.45, 2.75) is 26.8 Å². The number of nitrogens with one attached hydrogen (secondary N) is 1. The summed E-state index contributed by atoms with van der Waals surface area (Å²) >= 11 is 3.53. The average Bonchev–Trinajstić information content (AvgIpc) is 2.43. The molecule has 3 heteroatoms. The Morgan fingerprint density at radius 1 is 1.15 bits per heavy atom. The monoisotopic (exact) mass is 333 g/mol. The summed E-state index contributed by atoms with van der Waals surface area (Å²) in [5.41, 5.74) is 2.29. The lowest BCUT2D eigenvalue weighted by Gasteiger charge is -2.18. The van der Waals surface area contributed by atoms with Crippen molar-refractivity contribution in [1.82, 2.24) is 5.32 Å². The van der Waals surface area contributed by atoms with Crippen molar-refractivity contribution in [1.29, 1.82) is 0 Å². The van der Waals surface area contributed by atoms with Crippen molar-refractivity contribution in [2.24, 2.45) is 0 Å². The van der Waals surface area contributed by atoms with Crippen LogP contribution < -0.4 is 10.1 Å². The quantitative estimate of drug-likeness (QED) is 0.809. The molecule has 0 aliphatic carbocycles. The molecular formula is C17H20BrNO. The van der Waals surface area contributed by atoms with Crippen molar-refractivity contribution < 1.29 is 4.74 Å². The Morgan fingerprint density at radius 3 is 2.60 bits per heavy atom. The summed E-state index contributed by atoms with van der Waals surface area (Å²) in [6, 6.07) is 14.5. The van der Waals surface area contributed by atoms with Crippen LogP contribution in [0, 0.1) is 6.92 Å². The van der Waals surface area contributed by atoms with E-state index in [9.17, 15) is 0 Å². The number of para-hydroxylation sites is 1. The SMILES string of the molecule is CCNC(C)c1cc(Br)ccc1Oc1ccccc1C. The zero-order valence-corrected chi connectivity index (χ0v) is 13.7. The van der Waals surface area contributed by atoms with E-state index in [2.05, 4.69) is 54.2 Å². The molecule has 0 fully saturated rings. The lowest BCUT2D eigenvalue weighted by Crippen LogP contribution is -2.18. The molecule has 1 unspecified atom stereocenters. The molecule has 0 aliphatic rings. The molecular weight excluding hydrogens is 314 g/mol. The number of halogens is 1. The fourth-order valence-corrected chi connectivity index (χ4v) is 2.53. The molecule has 2 rings (SSSR count). The van der Waals surface area contributed by atoms with Gasteiger partial charge in [0.1, 0.15) is 11.5 Å². The summed E-state index contributed by atoms with van der Waals surface area (Å²) in [6.45, 7) is 7.24. The zero-order chi connectivity index (χ0) is 14.5. The van der Waals surface area contributed by atoms with Crippen LogP contribution in [0.2, 0.25) is 0 Å². The van der Waals surface area contributed by atoms with Crippen molar-refractivity contribution >= 4 is 15.9 Å². The van der Waals surface area contributed by atoms with Crippen LogP contribution in [0.15, 0.2) is 46.9 Å². The molecule has 0 bridgehead atoms. The Bertz CT molecular complexity index is 583. The standard InChI is InChI=1S/C17H20BrNO/c1-4-19-13(3)15-11-14(18)9-10-17(15)20-16-8-6-5-7-12(16)2/h5-11,13,19H,4H2,1-3H3. The number of rotatable bonds is 5. The van der Waals surface area contributed by atoms with Gasteiger partial charge in [-0.25, -0.2) is 0 Å². The van der Waals surface area contributed by atoms with Crippen LogP contribution >= 0.6 is 15.9 Å². The largest absolute Gasteiger partial charge is 0.457 e. The zero-order valence-electron chi connectivity index (χ0n) is 12.1.